The van der Waals surface area contributed by atoms with Crippen LogP contribution in [0.3, 0.4) is 0 Å². The highest BCUT2D eigenvalue weighted by Gasteiger charge is 2.33. The Bertz CT molecular complexity index is 1530. The highest BCUT2D eigenvalue weighted by Crippen LogP contribution is 2.41. The molecule has 0 aromatic heterocycles. The van der Waals surface area contributed by atoms with E-state index in [1.807, 2.05) is 43.3 Å². The molecule has 0 atom stereocenters. The van der Waals surface area contributed by atoms with Gasteiger partial charge in [0.2, 0.25) is 0 Å². The van der Waals surface area contributed by atoms with Gasteiger partial charge in [-0.05, 0) is 87.2 Å². The Morgan fingerprint density at radius 3 is 2.57 bits per heavy atom. The quantitative estimate of drug-likeness (QED) is 0.155. The smallest absolute Gasteiger partial charge is 0.270 e. The molecule has 1 aliphatic rings. The monoisotopic (exact) mass is 609 g/mol. The molecule has 186 valence electrons. The van der Waals surface area contributed by atoms with Gasteiger partial charge in [0.1, 0.15) is 6.61 Å². The van der Waals surface area contributed by atoms with E-state index in [0.717, 1.165) is 21.0 Å². The Labute approximate surface area is 238 Å². The first kappa shape index (κ1) is 25.8. The van der Waals surface area contributed by atoms with Gasteiger partial charge in [-0.1, -0.05) is 78.0 Å². The first-order valence-electron chi connectivity index (χ1n) is 11.5. The number of fused-ring (bicyclic) bond motifs is 1. The van der Waals surface area contributed by atoms with Crippen molar-refractivity contribution in [2.75, 3.05) is 11.5 Å². The highest BCUT2D eigenvalue weighted by molar-refractivity contribution is 9.10. The fourth-order valence-corrected chi connectivity index (χ4v) is 6.07. The van der Waals surface area contributed by atoms with Crippen molar-refractivity contribution in [1.29, 1.82) is 0 Å². The molecule has 0 saturated carbocycles. The average molecular weight is 611 g/mol. The van der Waals surface area contributed by atoms with Crippen molar-refractivity contribution in [1.82, 2.24) is 0 Å². The fourth-order valence-electron chi connectivity index (χ4n) is 4.07. The van der Waals surface area contributed by atoms with Crippen LogP contribution in [-0.2, 0) is 11.4 Å². The van der Waals surface area contributed by atoms with Gasteiger partial charge in [0, 0.05) is 5.02 Å². The van der Waals surface area contributed by atoms with Crippen LogP contribution in [0.1, 0.15) is 18.1 Å². The van der Waals surface area contributed by atoms with Gasteiger partial charge in [0.15, 0.2) is 15.8 Å². The second kappa shape index (κ2) is 11.3. The molecule has 0 bridgehead atoms. The Balaban J connectivity index is 1.42. The third kappa shape index (κ3) is 5.55. The maximum atomic E-state index is 13.2. The van der Waals surface area contributed by atoms with E-state index in [4.69, 9.17) is 33.3 Å². The lowest BCUT2D eigenvalue weighted by atomic mass is 10.1. The van der Waals surface area contributed by atoms with E-state index in [0.29, 0.717) is 44.6 Å². The second-order valence-electron chi connectivity index (χ2n) is 8.18. The van der Waals surface area contributed by atoms with Crippen LogP contribution in [-0.4, -0.2) is 16.8 Å². The number of rotatable bonds is 7. The summed E-state index contributed by atoms with van der Waals surface area (Å²) >= 11 is 16.4. The van der Waals surface area contributed by atoms with Crippen LogP contribution in [0, 0.1) is 0 Å². The van der Waals surface area contributed by atoms with Gasteiger partial charge in [-0.25, -0.2) is 0 Å². The molecule has 8 heteroatoms. The molecule has 1 heterocycles. The summed E-state index contributed by atoms with van der Waals surface area (Å²) in [6, 6.07) is 25.2. The van der Waals surface area contributed by atoms with Crippen molar-refractivity contribution in [3.8, 4) is 11.5 Å². The first-order valence-corrected chi connectivity index (χ1v) is 13.9. The van der Waals surface area contributed by atoms with Crippen molar-refractivity contribution in [3.05, 3.63) is 104 Å². The largest absolute Gasteiger partial charge is 0.490 e. The summed E-state index contributed by atoms with van der Waals surface area (Å²) in [7, 11) is 0. The minimum absolute atomic E-state index is 0.178. The van der Waals surface area contributed by atoms with Crippen molar-refractivity contribution in [3.63, 3.8) is 0 Å². The van der Waals surface area contributed by atoms with E-state index in [1.165, 1.54) is 22.0 Å². The van der Waals surface area contributed by atoms with Crippen LogP contribution in [0.25, 0.3) is 16.8 Å². The van der Waals surface area contributed by atoms with Crippen LogP contribution in [0.2, 0.25) is 5.02 Å². The molecule has 4 nitrogen and oxygen atoms in total. The number of carbonyl (C=O) groups excluding carboxylic acids is 1. The number of halogens is 2. The van der Waals surface area contributed by atoms with Gasteiger partial charge in [-0.2, -0.15) is 0 Å². The summed E-state index contributed by atoms with van der Waals surface area (Å²) in [5.41, 5.74) is 2.57. The summed E-state index contributed by atoms with van der Waals surface area (Å²) in [5, 5.41) is 2.91. The van der Waals surface area contributed by atoms with Gasteiger partial charge in [0.25, 0.3) is 5.91 Å². The fraction of sp³-hybridized carbons (Fsp3) is 0.103. The molecule has 4 aromatic carbocycles. The number of carbonyl (C=O) groups is 1. The summed E-state index contributed by atoms with van der Waals surface area (Å²) in [4.78, 5) is 15.2. The third-order valence-electron chi connectivity index (χ3n) is 5.76. The van der Waals surface area contributed by atoms with Crippen LogP contribution >= 0.6 is 51.5 Å². The summed E-state index contributed by atoms with van der Waals surface area (Å²) in [6.45, 7) is 2.78. The molecule has 1 fully saturated rings. The minimum Gasteiger partial charge on any atom is -0.490 e. The predicted octanol–water partition coefficient (Wildman–Crippen LogP) is 8.64. The molecule has 0 aliphatic carbocycles. The van der Waals surface area contributed by atoms with Gasteiger partial charge in [-0.15, -0.1) is 0 Å². The van der Waals surface area contributed by atoms with Gasteiger partial charge in [0.05, 0.1) is 21.7 Å². The van der Waals surface area contributed by atoms with E-state index in [-0.39, 0.29) is 5.91 Å². The molecule has 0 unspecified atom stereocenters. The van der Waals surface area contributed by atoms with E-state index < -0.39 is 0 Å². The maximum Gasteiger partial charge on any atom is 0.270 e. The van der Waals surface area contributed by atoms with Gasteiger partial charge in [-0.3, -0.25) is 9.69 Å². The molecular formula is C29H21BrClNO3S2. The Morgan fingerprint density at radius 1 is 1.03 bits per heavy atom. The number of anilines is 1. The molecule has 37 heavy (non-hydrogen) atoms. The van der Waals surface area contributed by atoms with Crippen molar-refractivity contribution >= 4 is 84.3 Å². The number of thioether (sulfide) groups is 1. The zero-order valence-electron chi connectivity index (χ0n) is 19.7. The number of hydrogen-bond acceptors (Lipinski definition) is 5. The third-order valence-corrected chi connectivity index (χ3v) is 7.90. The standard InChI is InChI=1S/C29H21BrClNO3S2/c1-2-34-25-15-18(16-26-28(33)32(29(36)37-26)22-12-10-21(31)11-13-22)14-24(30)27(25)35-17-20-8-5-7-19-6-3-4-9-23(19)20/h3-16H,2,17H2,1H3/b26-16-. The Hall–Kier alpha value is -2.84. The molecular weight excluding hydrogens is 590 g/mol. The first-order chi connectivity index (χ1) is 17.9. The van der Waals surface area contributed by atoms with Crippen LogP contribution < -0.4 is 14.4 Å². The Kier molecular flexibility index (Phi) is 7.86. The Morgan fingerprint density at radius 2 is 1.78 bits per heavy atom. The normalized spacial score (nSPS) is 14.6. The lowest BCUT2D eigenvalue weighted by molar-refractivity contribution is -0.113. The van der Waals surface area contributed by atoms with Crippen molar-refractivity contribution in [2.24, 2.45) is 0 Å². The maximum absolute atomic E-state index is 13.2. The van der Waals surface area contributed by atoms with Crippen LogP contribution in [0.15, 0.2) is 88.2 Å². The van der Waals surface area contributed by atoms with E-state index in [1.54, 1.807) is 24.3 Å². The minimum atomic E-state index is -0.178. The van der Waals surface area contributed by atoms with Crippen LogP contribution in [0.5, 0.6) is 11.5 Å². The molecule has 0 radical (unpaired) electrons. The van der Waals surface area contributed by atoms with E-state index in [2.05, 4.69) is 40.2 Å². The topological polar surface area (TPSA) is 38.8 Å². The zero-order valence-corrected chi connectivity index (χ0v) is 23.7. The summed E-state index contributed by atoms with van der Waals surface area (Å²) in [5.74, 6) is 1.03. The van der Waals surface area contributed by atoms with E-state index >= 15 is 0 Å². The van der Waals surface area contributed by atoms with E-state index in [9.17, 15) is 4.79 Å². The molecule has 0 spiro atoms. The molecule has 5 rings (SSSR count). The summed E-state index contributed by atoms with van der Waals surface area (Å²) in [6.07, 6.45) is 1.82. The SMILES string of the molecule is CCOc1cc(/C=C2\SC(=S)N(c3ccc(Cl)cc3)C2=O)cc(Br)c1OCc1cccc2ccccc12. The van der Waals surface area contributed by atoms with Gasteiger partial charge >= 0.3 is 0 Å². The number of hydrogen-bond donors (Lipinski definition) is 0. The number of amides is 1. The molecule has 1 amide bonds. The van der Waals surface area contributed by atoms with Crippen molar-refractivity contribution in [2.45, 2.75) is 13.5 Å². The molecule has 1 aliphatic heterocycles. The number of ether oxygens (including phenoxy) is 2. The van der Waals surface area contributed by atoms with Crippen molar-refractivity contribution < 1.29 is 14.3 Å². The number of nitrogens with zero attached hydrogens (tertiary/aromatic N) is 1. The molecule has 4 aromatic rings. The molecule has 1 saturated heterocycles. The lowest BCUT2D eigenvalue weighted by Crippen LogP contribution is -2.27. The van der Waals surface area contributed by atoms with Gasteiger partial charge < -0.3 is 9.47 Å². The lowest BCUT2D eigenvalue weighted by Gasteiger charge is -2.16. The second-order valence-corrected chi connectivity index (χ2v) is 11.2. The number of benzene rings is 4. The summed E-state index contributed by atoms with van der Waals surface area (Å²) < 4.78 is 13.4. The van der Waals surface area contributed by atoms with Crippen LogP contribution in [0.4, 0.5) is 5.69 Å². The average Bonchev–Trinajstić information content (AvgIpc) is 3.16. The zero-order chi connectivity index (χ0) is 25.9. The number of thiocarbonyl (C=S) groups is 1. The predicted molar refractivity (Wildman–Crippen MR) is 161 cm³/mol. The molecule has 0 N–H and O–H groups in total. The highest BCUT2D eigenvalue weighted by atomic mass is 79.9.